The second-order valence-electron chi connectivity index (χ2n) is 8.53. The van der Waals surface area contributed by atoms with Crippen LogP contribution in [-0.4, -0.2) is 26.6 Å². The Labute approximate surface area is 210 Å². The van der Waals surface area contributed by atoms with E-state index in [0.29, 0.717) is 16.3 Å². The fourth-order valence-electron chi connectivity index (χ4n) is 5.12. The molecule has 1 fully saturated rings. The highest BCUT2D eigenvalue weighted by atomic mass is 35.5. The molecule has 0 spiro atoms. The van der Waals surface area contributed by atoms with Gasteiger partial charge < -0.3 is 10.4 Å². The maximum Gasteiger partial charge on any atom is 0.335 e. The van der Waals surface area contributed by atoms with Gasteiger partial charge in [-0.25, -0.2) is 4.79 Å². The van der Waals surface area contributed by atoms with Crippen LogP contribution in [-0.2, 0) is 0 Å². The molecule has 2 aliphatic rings. The van der Waals surface area contributed by atoms with Gasteiger partial charge in [-0.1, -0.05) is 35.9 Å². The van der Waals surface area contributed by atoms with Crippen molar-refractivity contribution in [1.82, 2.24) is 0 Å². The number of nitro groups is 1. The molecule has 1 saturated carbocycles. The summed E-state index contributed by atoms with van der Waals surface area (Å²) in [4.78, 5) is 23.4. The molecule has 3 aromatic carbocycles. The van der Waals surface area contributed by atoms with Crippen molar-refractivity contribution in [2.45, 2.75) is 33.9 Å². The van der Waals surface area contributed by atoms with Crippen LogP contribution >= 0.6 is 35.0 Å². The molecular formula is C25H20Cl2N2O4S. The largest absolute Gasteiger partial charge is 0.478 e. The average Bonchev–Trinajstić information content (AvgIpc) is 3.15. The first kappa shape index (κ1) is 23.0. The minimum atomic E-state index is -0.992. The van der Waals surface area contributed by atoms with Crippen LogP contribution in [0.3, 0.4) is 0 Å². The lowest BCUT2D eigenvalue weighted by Crippen LogP contribution is -2.31. The van der Waals surface area contributed by atoms with Crippen molar-refractivity contribution in [3.8, 4) is 0 Å². The monoisotopic (exact) mass is 514 g/mol. The van der Waals surface area contributed by atoms with Gasteiger partial charge in [-0.05, 0) is 59.9 Å². The van der Waals surface area contributed by atoms with Crippen LogP contribution in [0.5, 0.6) is 0 Å². The van der Waals surface area contributed by atoms with Gasteiger partial charge in [0.05, 0.1) is 26.8 Å². The number of benzene rings is 3. The number of carboxylic acid groups (broad SMARTS) is 1. The zero-order chi connectivity index (χ0) is 24.0. The molecule has 5 atom stereocenters. The molecule has 0 aromatic heterocycles. The van der Waals surface area contributed by atoms with Crippen LogP contribution in [0.4, 0.5) is 11.4 Å². The molecule has 34 heavy (non-hydrogen) atoms. The Balaban J connectivity index is 1.55. The number of fused-ring (bicyclic) bond motifs is 3. The molecule has 0 saturated heterocycles. The first-order valence-corrected chi connectivity index (χ1v) is 12.5. The summed E-state index contributed by atoms with van der Waals surface area (Å²) in [5.41, 5.74) is 3.07. The molecule has 3 aromatic rings. The van der Waals surface area contributed by atoms with E-state index in [1.54, 1.807) is 36.4 Å². The molecule has 5 rings (SSSR count). The second-order valence-corrected chi connectivity index (χ2v) is 10.8. The number of aromatic carboxylic acids is 1. The summed E-state index contributed by atoms with van der Waals surface area (Å²) in [5, 5.41) is 24.9. The van der Waals surface area contributed by atoms with Crippen molar-refractivity contribution < 1.29 is 14.8 Å². The number of anilines is 1. The molecule has 0 amide bonds. The molecule has 0 bridgehead atoms. The van der Waals surface area contributed by atoms with Crippen LogP contribution in [0, 0.1) is 16.0 Å². The number of nitrogens with one attached hydrogen (secondary N) is 1. The predicted octanol–water partition coefficient (Wildman–Crippen LogP) is 6.99. The van der Waals surface area contributed by atoms with Gasteiger partial charge in [0.2, 0.25) is 0 Å². The molecule has 0 unspecified atom stereocenters. The van der Waals surface area contributed by atoms with Crippen molar-refractivity contribution in [2.75, 3.05) is 5.32 Å². The van der Waals surface area contributed by atoms with Crippen LogP contribution in [0.2, 0.25) is 5.02 Å². The molecule has 174 valence electrons. The van der Waals surface area contributed by atoms with Gasteiger partial charge in [-0.2, -0.15) is 0 Å². The third kappa shape index (κ3) is 4.13. The van der Waals surface area contributed by atoms with E-state index in [0.717, 1.165) is 16.8 Å². The van der Waals surface area contributed by atoms with Crippen LogP contribution in [0.1, 0.15) is 39.9 Å². The number of carboxylic acids is 1. The average molecular weight is 515 g/mol. The highest BCUT2D eigenvalue weighted by Gasteiger charge is 2.50. The van der Waals surface area contributed by atoms with Gasteiger partial charge in [-0.3, -0.25) is 10.1 Å². The highest BCUT2D eigenvalue weighted by molar-refractivity contribution is 8.00. The van der Waals surface area contributed by atoms with Gasteiger partial charge in [0.15, 0.2) is 0 Å². The number of halogens is 2. The van der Waals surface area contributed by atoms with E-state index in [9.17, 15) is 20.0 Å². The van der Waals surface area contributed by atoms with E-state index in [1.807, 2.05) is 24.3 Å². The Morgan fingerprint density at radius 2 is 1.85 bits per heavy atom. The highest BCUT2D eigenvalue weighted by Crippen LogP contribution is 2.58. The summed E-state index contributed by atoms with van der Waals surface area (Å²) in [6.45, 7) is 0. The van der Waals surface area contributed by atoms with E-state index in [2.05, 4.69) is 5.32 Å². The normalized spacial score (nSPS) is 25.2. The lowest BCUT2D eigenvalue weighted by Gasteiger charge is -2.38. The van der Waals surface area contributed by atoms with Crippen molar-refractivity contribution in [3.63, 3.8) is 0 Å². The maximum absolute atomic E-state index is 11.7. The fraction of sp³-hybridized carbons (Fsp3) is 0.240. The van der Waals surface area contributed by atoms with E-state index in [-0.39, 0.29) is 44.7 Å². The number of alkyl halides is 1. The molecule has 9 heteroatoms. The van der Waals surface area contributed by atoms with Crippen LogP contribution < -0.4 is 5.32 Å². The lowest BCUT2D eigenvalue weighted by molar-refractivity contribution is -0.387. The summed E-state index contributed by atoms with van der Waals surface area (Å²) in [6, 6.07) is 19.4. The van der Waals surface area contributed by atoms with E-state index >= 15 is 0 Å². The van der Waals surface area contributed by atoms with Crippen molar-refractivity contribution in [2.24, 2.45) is 5.92 Å². The Morgan fingerprint density at radius 3 is 2.56 bits per heavy atom. The zero-order valence-corrected chi connectivity index (χ0v) is 20.1. The molecule has 6 nitrogen and oxygen atoms in total. The number of nitrogens with zero attached hydrogens (tertiary/aromatic N) is 1. The maximum atomic E-state index is 11.7. The molecular weight excluding hydrogens is 495 g/mol. The first-order valence-electron chi connectivity index (χ1n) is 10.8. The Bertz CT molecular complexity index is 1270. The van der Waals surface area contributed by atoms with Gasteiger partial charge in [0.25, 0.3) is 5.69 Å². The molecule has 1 aliphatic heterocycles. The number of thioether (sulfide) groups is 1. The molecule has 2 N–H and O–H groups in total. The number of para-hydroxylation sites is 1. The second kappa shape index (κ2) is 9.13. The summed E-state index contributed by atoms with van der Waals surface area (Å²) >= 11 is 14.6. The van der Waals surface area contributed by atoms with Gasteiger partial charge >= 0.3 is 5.97 Å². The Kier molecular flexibility index (Phi) is 6.18. The predicted molar refractivity (Wildman–Crippen MR) is 134 cm³/mol. The van der Waals surface area contributed by atoms with Gasteiger partial charge in [0, 0.05) is 27.9 Å². The SMILES string of the molecule is O=C(O)c1ccc2c(c1)[C@@H]1[C@H](Cl)[C@H](Sc3ccccc3[N+](=O)[O-])C[C@@H]1[C@H](c1ccc(Cl)cc1)N2. The Morgan fingerprint density at radius 1 is 1.12 bits per heavy atom. The summed E-state index contributed by atoms with van der Waals surface area (Å²) < 4.78 is 0. The number of hydrogen-bond donors (Lipinski definition) is 2. The number of hydrogen-bond acceptors (Lipinski definition) is 5. The first-order chi connectivity index (χ1) is 16.3. The van der Waals surface area contributed by atoms with E-state index in [1.165, 1.54) is 17.8 Å². The van der Waals surface area contributed by atoms with Crippen LogP contribution in [0.25, 0.3) is 0 Å². The minimum Gasteiger partial charge on any atom is -0.478 e. The third-order valence-electron chi connectivity index (χ3n) is 6.63. The quantitative estimate of drug-likeness (QED) is 0.216. The van der Waals surface area contributed by atoms with Crippen molar-refractivity contribution in [1.29, 1.82) is 0 Å². The third-order valence-corrected chi connectivity index (χ3v) is 8.99. The fourth-order valence-corrected chi connectivity index (χ4v) is 7.19. The molecule has 0 radical (unpaired) electrons. The topological polar surface area (TPSA) is 92.5 Å². The number of nitro benzene ring substituents is 1. The molecule has 1 aliphatic carbocycles. The minimum absolute atomic E-state index is 0.0527. The number of rotatable bonds is 5. The van der Waals surface area contributed by atoms with Crippen molar-refractivity contribution in [3.05, 3.63) is 98.6 Å². The number of carbonyl (C=O) groups is 1. The smallest absolute Gasteiger partial charge is 0.335 e. The standard InChI is InChI=1S/C25H20Cl2N2O4S/c26-15-8-5-13(6-9-15)24-17-12-21(34-20-4-2-1-3-19(20)29(32)33)23(27)22(17)16-11-14(25(30)31)7-10-18(16)28-24/h1-11,17,21-24,28H,12H2,(H,30,31)/t17-,21+,22-,23+,24-/m0/s1. The van der Waals surface area contributed by atoms with Crippen LogP contribution in [0.15, 0.2) is 71.6 Å². The lowest BCUT2D eigenvalue weighted by atomic mass is 9.77. The van der Waals surface area contributed by atoms with Gasteiger partial charge in [0.1, 0.15) is 0 Å². The summed E-state index contributed by atoms with van der Waals surface area (Å²) in [7, 11) is 0. The zero-order valence-electron chi connectivity index (χ0n) is 17.7. The van der Waals surface area contributed by atoms with E-state index in [4.69, 9.17) is 23.2 Å². The summed E-state index contributed by atoms with van der Waals surface area (Å²) in [6.07, 6.45) is 0.715. The van der Waals surface area contributed by atoms with E-state index < -0.39 is 5.97 Å². The molecule has 1 heterocycles. The Hall–Kier alpha value is -2.74. The summed E-state index contributed by atoms with van der Waals surface area (Å²) in [5.74, 6) is -1.03. The van der Waals surface area contributed by atoms with Gasteiger partial charge in [-0.15, -0.1) is 23.4 Å². The van der Waals surface area contributed by atoms with Crippen molar-refractivity contribution >= 4 is 52.3 Å².